The van der Waals surface area contributed by atoms with Crippen molar-refractivity contribution < 1.29 is 9.59 Å². The predicted molar refractivity (Wildman–Crippen MR) is 92.5 cm³/mol. The van der Waals surface area contributed by atoms with Crippen LogP contribution in [0.3, 0.4) is 0 Å². The first-order chi connectivity index (χ1) is 11.0. The minimum atomic E-state index is -0.173. The summed E-state index contributed by atoms with van der Waals surface area (Å²) in [6, 6.07) is 15.2. The van der Waals surface area contributed by atoms with Gasteiger partial charge in [0.2, 0.25) is 5.91 Å². The normalized spacial score (nSPS) is 10.2. The molecule has 4 nitrogen and oxygen atoms in total. The molecule has 1 N–H and O–H groups in total. The van der Waals surface area contributed by atoms with Crippen molar-refractivity contribution in [2.75, 3.05) is 12.1 Å². The Hall–Kier alpha value is -2.62. The topological polar surface area (TPSA) is 49.4 Å². The quantitative estimate of drug-likeness (QED) is 0.657. The van der Waals surface area contributed by atoms with Gasteiger partial charge in [-0.25, -0.2) is 0 Å². The van der Waals surface area contributed by atoms with Gasteiger partial charge in [-0.2, -0.15) is 0 Å². The zero-order valence-electron chi connectivity index (χ0n) is 13.8. The molecule has 23 heavy (non-hydrogen) atoms. The number of anilines is 1. The number of carbonyl (C=O) groups excluding carboxylic acids is 2. The minimum Gasteiger partial charge on any atom is -0.294 e. The number of amides is 1. The third kappa shape index (κ3) is 4.68. The fraction of sp³-hybridized carbons (Fsp3) is 0.263. The van der Waals surface area contributed by atoms with E-state index in [1.165, 1.54) is 0 Å². The molecule has 0 aliphatic heterocycles. The van der Waals surface area contributed by atoms with Crippen LogP contribution in [0.2, 0.25) is 0 Å². The molecule has 2 rings (SSSR count). The molecule has 0 fully saturated rings. The summed E-state index contributed by atoms with van der Waals surface area (Å²) < 4.78 is 0. The first kappa shape index (κ1) is 16.7. The standard InChI is InChI=1S/C19H22N2O2/c1-14-9-10-16(13-15(14)2)18(22)11-12-19(23)20-21(3)17-7-5-4-6-8-17/h4-10,13H,11-12H2,1-3H3,(H,20,23). The number of Topliss-reactive ketones (excluding diaryl/α,β-unsaturated/α-hetero) is 1. The van der Waals surface area contributed by atoms with Gasteiger partial charge in [-0.3, -0.25) is 20.0 Å². The van der Waals surface area contributed by atoms with Crippen LogP contribution in [-0.4, -0.2) is 18.7 Å². The van der Waals surface area contributed by atoms with E-state index in [1.54, 1.807) is 12.1 Å². The van der Waals surface area contributed by atoms with Crippen molar-refractivity contribution >= 4 is 17.4 Å². The van der Waals surface area contributed by atoms with Crippen molar-refractivity contribution in [3.05, 3.63) is 65.2 Å². The Morgan fingerprint density at radius 1 is 0.957 bits per heavy atom. The van der Waals surface area contributed by atoms with Crippen molar-refractivity contribution in [3.8, 4) is 0 Å². The number of aryl methyl sites for hydroxylation is 2. The van der Waals surface area contributed by atoms with Crippen LogP contribution < -0.4 is 10.4 Å². The maximum Gasteiger partial charge on any atom is 0.238 e. The van der Waals surface area contributed by atoms with E-state index in [4.69, 9.17) is 0 Å². The Balaban J connectivity index is 1.86. The molecule has 0 bridgehead atoms. The van der Waals surface area contributed by atoms with Crippen LogP contribution >= 0.6 is 0 Å². The van der Waals surface area contributed by atoms with Gasteiger partial charge in [-0.1, -0.05) is 30.3 Å². The van der Waals surface area contributed by atoms with Gasteiger partial charge >= 0.3 is 0 Å². The largest absolute Gasteiger partial charge is 0.294 e. The van der Waals surface area contributed by atoms with Crippen LogP contribution in [-0.2, 0) is 4.79 Å². The summed E-state index contributed by atoms with van der Waals surface area (Å²) in [6.45, 7) is 3.99. The Morgan fingerprint density at radius 3 is 2.30 bits per heavy atom. The number of ketones is 1. The van der Waals surface area contributed by atoms with E-state index in [0.29, 0.717) is 5.56 Å². The van der Waals surface area contributed by atoms with Crippen LogP contribution in [0, 0.1) is 13.8 Å². The van der Waals surface area contributed by atoms with Crippen LogP contribution in [0.25, 0.3) is 0 Å². The number of carbonyl (C=O) groups is 2. The number of hydrogen-bond donors (Lipinski definition) is 1. The number of benzene rings is 2. The van der Waals surface area contributed by atoms with Gasteiger partial charge in [0.05, 0.1) is 5.69 Å². The van der Waals surface area contributed by atoms with E-state index in [9.17, 15) is 9.59 Å². The van der Waals surface area contributed by atoms with E-state index in [-0.39, 0.29) is 24.5 Å². The third-order valence-electron chi connectivity index (χ3n) is 3.84. The monoisotopic (exact) mass is 310 g/mol. The molecule has 2 aromatic rings. The van der Waals surface area contributed by atoms with Crippen molar-refractivity contribution in [2.45, 2.75) is 26.7 Å². The Kier molecular flexibility index (Phi) is 5.52. The number of para-hydroxylation sites is 1. The highest BCUT2D eigenvalue weighted by atomic mass is 16.2. The third-order valence-corrected chi connectivity index (χ3v) is 3.84. The number of nitrogens with one attached hydrogen (secondary N) is 1. The zero-order valence-corrected chi connectivity index (χ0v) is 13.8. The fourth-order valence-electron chi connectivity index (χ4n) is 2.25. The predicted octanol–water partition coefficient (Wildman–Crippen LogP) is 3.43. The smallest absolute Gasteiger partial charge is 0.238 e. The van der Waals surface area contributed by atoms with Gasteiger partial charge in [0, 0.05) is 25.5 Å². The maximum atomic E-state index is 12.2. The Morgan fingerprint density at radius 2 is 1.65 bits per heavy atom. The summed E-state index contributed by atoms with van der Waals surface area (Å²) in [4.78, 5) is 24.2. The second-order valence-corrected chi connectivity index (χ2v) is 5.65. The number of rotatable bonds is 6. The summed E-state index contributed by atoms with van der Waals surface area (Å²) >= 11 is 0. The summed E-state index contributed by atoms with van der Waals surface area (Å²) in [7, 11) is 1.78. The zero-order chi connectivity index (χ0) is 16.8. The van der Waals surface area contributed by atoms with Crippen LogP contribution in [0.5, 0.6) is 0 Å². The molecule has 0 heterocycles. The lowest BCUT2D eigenvalue weighted by Gasteiger charge is -2.20. The lowest BCUT2D eigenvalue weighted by molar-refractivity contribution is -0.121. The molecule has 0 saturated carbocycles. The molecule has 120 valence electrons. The fourth-order valence-corrected chi connectivity index (χ4v) is 2.25. The van der Waals surface area contributed by atoms with Crippen molar-refractivity contribution in [3.63, 3.8) is 0 Å². The average Bonchev–Trinajstić information content (AvgIpc) is 2.56. The summed E-state index contributed by atoms with van der Waals surface area (Å²) in [5.74, 6) is -0.181. The molecule has 0 unspecified atom stereocenters. The molecule has 0 radical (unpaired) electrons. The number of hydrazine groups is 1. The molecule has 0 atom stereocenters. The molecule has 0 spiro atoms. The average molecular weight is 310 g/mol. The molecule has 4 heteroatoms. The molecule has 0 aromatic heterocycles. The van der Waals surface area contributed by atoms with Gasteiger partial charge in [0.15, 0.2) is 5.78 Å². The van der Waals surface area contributed by atoms with Gasteiger partial charge in [-0.15, -0.1) is 0 Å². The second-order valence-electron chi connectivity index (χ2n) is 5.65. The molecular formula is C19H22N2O2. The molecule has 0 aliphatic carbocycles. The van der Waals surface area contributed by atoms with Crippen LogP contribution in [0.15, 0.2) is 48.5 Å². The van der Waals surface area contributed by atoms with Crippen molar-refractivity contribution in [1.29, 1.82) is 0 Å². The summed E-state index contributed by atoms with van der Waals surface area (Å²) in [5, 5.41) is 1.66. The Bertz CT molecular complexity index is 696. The maximum absolute atomic E-state index is 12.2. The van der Waals surface area contributed by atoms with E-state index in [0.717, 1.165) is 16.8 Å². The van der Waals surface area contributed by atoms with E-state index < -0.39 is 0 Å². The second kappa shape index (κ2) is 7.58. The van der Waals surface area contributed by atoms with Gasteiger partial charge < -0.3 is 0 Å². The molecular weight excluding hydrogens is 288 g/mol. The van der Waals surface area contributed by atoms with Crippen molar-refractivity contribution in [1.82, 2.24) is 5.43 Å². The molecule has 0 saturated heterocycles. The first-order valence-corrected chi connectivity index (χ1v) is 7.66. The SMILES string of the molecule is Cc1ccc(C(=O)CCC(=O)NN(C)c2ccccc2)cc1C. The Labute approximate surface area is 137 Å². The van der Waals surface area contributed by atoms with E-state index in [2.05, 4.69) is 5.43 Å². The highest BCUT2D eigenvalue weighted by Crippen LogP contribution is 2.13. The molecule has 2 aromatic carbocycles. The first-order valence-electron chi connectivity index (χ1n) is 7.66. The lowest BCUT2D eigenvalue weighted by Crippen LogP contribution is -2.39. The number of hydrogen-bond acceptors (Lipinski definition) is 3. The van der Waals surface area contributed by atoms with Crippen LogP contribution in [0.4, 0.5) is 5.69 Å². The van der Waals surface area contributed by atoms with E-state index >= 15 is 0 Å². The molecule has 0 aliphatic rings. The summed E-state index contributed by atoms with van der Waals surface area (Å²) in [6.07, 6.45) is 0.375. The highest BCUT2D eigenvalue weighted by Gasteiger charge is 2.11. The van der Waals surface area contributed by atoms with Crippen LogP contribution in [0.1, 0.15) is 34.3 Å². The minimum absolute atomic E-state index is 0.00869. The van der Waals surface area contributed by atoms with E-state index in [1.807, 2.05) is 62.4 Å². The molecule has 1 amide bonds. The van der Waals surface area contributed by atoms with Gasteiger partial charge in [0.25, 0.3) is 0 Å². The number of nitrogens with zero attached hydrogens (tertiary/aromatic N) is 1. The lowest BCUT2D eigenvalue weighted by atomic mass is 10.0. The van der Waals surface area contributed by atoms with Gasteiger partial charge in [-0.05, 0) is 43.2 Å². The summed E-state index contributed by atoms with van der Waals surface area (Å²) in [5.41, 5.74) is 6.56. The highest BCUT2D eigenvalue weighted by molar-refractivity contribution is 5.98. The van der Waals surface area contributed by atoms with Gasteiger partial charge in [0.1, 0.15) is 0 Å². The van der Waals surface area contributed by atoms with Crippen molar-refractivity contribution in [2.24, 2.45) is 0 Å².